The highest BCUT2D eigenvalue weighted by atomic mass is 35.5. The van der Waals surface area contributed by atoms with Crippen molar-refractivity contribution in [3.63, 3.8) is 0 Å². The summed E-state index contributed by atoms with van der Waals surface area (Å²) in [5, 5.41) is 22.9. The van der Waals surface area contributed by atoms with E-state index in [1.54, 1.807) is 24.3 Å². The van der Waals surface area contributed by atoms with Gasteiger partial charge in [0.2, 0.25) is 0 Å². The Morgan fingerprint density at radius 2 is 1.78 bits per heavy atom. The van der Waals surface area contributed by atoms with Gasteiger partial charge < -0.3 is 15.5 Å². The van der Waals surface area contributed by atoms with Crippen LogP contribution >= 0.6 is 23.2 Å². The Kier molecular flexibility index (Phi) is 3.98. The first-order valence-corrected chi connectivity index (χ1v) is 7.29. The van der Waals surface area contributed by atoms with Gasteiger partial charge in [0.1, 0.15) is 11.3 Å². The first-order valence-electron chi connectivity index (χ1n) is 6.53. The fraction of sp³-hybridized carbons (Fsp3) is 0. The van der Waals surface area contributed by atoms with Gasteiger partial charge in [-0.15, -0.1) is 0 Å². The van der Waals surface area contributed by atoms with E-state index in [1.807, 2.05) is 0 Å². The molecule has 1 heterocycles. The molecule has 0 amide bonds. The van der Waals surface area contributed by atoms with Gasteiger partial charge >= 0.3 is 5.97 Å². The molecule has 0 bridgehead atoms. The fourth-order valence-electron chi connectivity index (χ4n) is 2.19. The van der Waals surface area contributed by atoms with Crippen LogP contribution in [0.5, 0.6) is 5.75 Å². The Bertz CT molecular complexity index is 911. The molecule has 23 heavy (non-hydrogen) atoms. The monoisotopic (exact) mass is 348 g/mol. The molecule has 0 fully saturated rings. The molecule has 3 aromatic rings. The van der Waals surface area contributed by atoms with E-state index < -0.39 is 5.97 Å². The summed E-state index contributed by atoms with van der Waals surface area (Å²) in [5.41, 5.74) is 1.38. The van der Waals surface area contributed by atoms with E-state index in [9.17, 15) is 15.0 Å². The predicted molar refractivity (Wildman–Crippen MR) is 90.1 cm³/mol. The van der Waals surface area contributed by atoms with Gasteiger partial charge in [0.15, 0.2) is 0 Å². The molecule has 0 radical (unpaired) electrons. The molecule has 0 aliphatic rings. The summed E-state index contributed by atoms with van der Waals surface area (Å²) in [6.45, 7) is 0. The normalized spacial score (nSPS) is 10.7. The molecule has 1 aromatic heterocycles. The van der Waals surface area contributed by atoms with Gasteiger partial charge in [0.25, 0.3) is 0 Å². The minimum Gasteiger partial charge on any atom is -0.508 e. The van der Waals surface area contributed by atoms with Crippen LogP contribution in [-0.2, 0) is 0 Å². The summed E-state index contributed by atoms with van der Waals surface area (Å²) >= 11 is 12.1. The average Bonchev–Trinajstić information content (AvgIpc) is 2.53. The number of phenols is 1. The van der Waals surface area contributed by atoms with Crippen LogP contribution in [0.15, 0.2) is 42.6 Å². The van der Waals surface area contributed by atoms with Gasteiger partial charge in [0, 0.05) is 17.3 Å². The lowest BCUT2D eigenvalue weighted by Crippen LogP contribution is -2.05. The third kappa shape index (κ3) is 2.88. The Hall–Kier alpha value is -2.50. The van der Waals surface area contributed by atoms with Gasteiger partial charge in [-0.05, 0) is 36.4 Å². The van der Waals surface area contributed by atoms with E-state index in [0.29, 0.717) is 27.3 Å². The van der Waals surface area contributed by atoms with Gasteiger partial charge in [-0.1, -0.05) is 23.2 Å². The second kappa shape index (κ2) is 5.95. The number of carbonyl (C=O) groups is 1. The summed E-state index contributed by atoms with van der Waals surface area (Å²) < 4.78 is 0. The molecule has 3 rings (SSSR count). The van der Waals surface area contributed by atoms with Crippen molar-refractivity contribution < 1.29 is 15.0 Å². The Labute approximate surface area is 141 Å². The number of halogens is 2. The Balaban J connectivity index is 2.22. The van der Waals surface area contributed by atoms with Gasteiger partial charge in [-0.25, -0.2) is 4.79 Å². The molecule has 0 spiro atoms. The zero-order chi connectivity index (χ0) is 16.6. The number of aromatic carboxylic acids is 1. The summed E-state index contributed by atoms with van der Waals surface area (Å²) in [5.74, 6) is -1.00. The molecule has 0 aliphatic carbocycles. The highest BCUT2D eigenvalue weighted by Crippen LogP contribution is 2.36. The van der Waals surface area contributed by atoms with Crippen LogP contribution in [0.1, 0.15) is 10.4 Å². The number of carboxylic acids is 1. The number of fused-ring (bicyclic) bond motifs is 1. The van der Waals surface area contributed by atoms with E-state index in [-0.39, 0.29) is 16.3 Å². The molecule has 0 atom stereocenters. The van der Waals surface area contributed by atoms with Crippen molar-refractivity contribution in [3.8, 4) is 5.75 Å². The number of pyridine rings is 1. The summed E-state index contributed by atoms with van der Waals surface area (Å²) in [4.78, 5) is 15.6. The predicted octanol–water partition coefficient (Wildman–Crippen LogP) is 4.69. The molecule has 0 saturated heterocycles. The van der Waals surface area contributed by atoms with Crippen molar-refractivity contribution in [3.05, 3.63) is 58.2 Å². The molecule has 0 unspecified atom stereocenters. The zero-order valence-corrected chi connectivity index (χ0v) is 13.1. The van der Waals surface area contributed by atoms with Crippen LogP contribution in [0.2, 0.25) is 10.0 Å². The number of hydrogen-bond donors (Lipinski definition) is 3. The van der Waals surface area contributed by atoms with Crippen LogP contribution in [0, 0.1) is 0 Å². The maximum atomic E-state index is 11.5. The summed E-state index contributed by atoms with van der Waals surface area (Å²) in [6, 6.07) is 9.49. The zero-order valence-electron chi connectivity index (χ0n) is 11.5. The minimum absolute atomic E-state index is 0.00367. The lowest BCUT2D eigenvalue weighted by atomic mass is 10.1. The second-order valence-electron chi connectivity index (χ2n) is 4.78. The van der Waals surface area contributed by atoms with E-state index in [1.165, 1.54) is 18.3 Å². The smallest absolute Gasteiger partial charge is 0.339 e. The van der Waals surface area contributed by atoms with Crippen molar-refractivity contribution in [1.82, 2.24) is 4.98 Å². The Morgan fingerprint density at radius 1 is 1.09 bits per heavy atom. The van der Waals surface area contributed by atoms with Crippen molar-refractivity contribution in [2.45, 2.75) is 0 Å². The largest absolute Gasteiger partial charge is 0.508 e. The molecule has 5 nitrogen and oxygen atoms in total. The molecule has 0 saturated carbocycles. The van der Waals surface area contributed by atoms with E-state index in [0.717, 1.165) is 0 Å². The molecule has 7 heteroatoms. The number of anilines is 2. The van der Waals surface area contributed by atoms with Gasteiger partial charge in [-0.2, -0.15) is 0 Å². The lowest BCUT2D eigenvalue weighted by Gasteiger charge is -2.13. The van der Waals surface area contributed by atoms with Gasteiger partial charge in [-0.3, -0.25) is 4.98 Å². The van der Waals surface area contributed by atoms with Crippen molar-refractivity contribution in [2.24, 2.45) is 0 Å². The maximum absolute atomic E-state index is 11.5. The van der Waals surface area contributed by atoms with Crippen molar-refractivity contribution in [1.29, 1.82) is 0 Å². The van der Waals surface area contributed by atoms with Gasteiger partial charge in [0.05, 0.1) is 21.2 Å². The summed E-state index contributed by atoms with van der Waals surface area (Å²) in [7, 11) is 0. The third-order valence-electron chi connectivity index (χ3n) is 3.30. The number of aromatic nitrogens is 1. The number of nitrogens with one attached hydrogen (secondary N) is 1. The van der Waals surface area contributed by atoms with Crippen LogP contribution in [0.25, 0.3) is 10.9 Å². The molecule has 116 valence electrons. The SMILES string of the molecule is O=C(O)c1cnc2c(Cl)c(Cl)ccc2c1Nc1ccc(O)cc1. The van der Waals surface area contributed by atoms with Crippen LogP contribution in [0.4, 0.5) is 11.4 Å². The van der Waals surface area contributed by atoms with Crippen LogP contribution in [0.3, 0.4) is 0 Å². The lowest BCUT2D eigenvalue weighted by molar-refractivity contribution is 0.0697. The van der Waals surface area contributed by atoms with E-state index in [2.05, 4.69) is 10.3 Å². The first-order chi connectivity index (χ1) is 11.0. The highest BCUT2D eigenvalue weighted by Gasteiger charge is 2.17. The number of nitrogens with zero attached hydrogens (tertiary/aromatic N) is 1. The first kappa shape index (κ1) is 15.4. The number of carboxylic acid groups (broad SMARTS) is 1. The number of benzene rings is 2. The molecule has 3 N–H and O–H groups in total. The fourth-order valence-corrected chi connectivity index (χ4v) is 2.56. The number of rotatable bonds is 3. The molecule has 2 aromatic carbocycles. The number of phenolic OH excluding ortho intramolecular Hbond substituents is 1. The van der Waals surface area contributed by atoms with E-state index >= 15 is 0 Å². The van der Waals surface area contributed by atoms with Crippen molar-refractivity contribution >= 4 is 51.4 Å². The average molecular weight is 349 g/mol. The quantitative estimate of drug-likeness (QED) is 0.598. The second-order valence-corrected chi connectivity index (χ2v) is 5.57. The van der Waals surface area contributed by atoms with Crippen molar-refractivity contribution in [2.75, 3.05) is 5.32 Å². The number of aromatic hydroxyl groups is 1. The van der Waals surface area contributed by atoms with Crippen LogP contribution in [-0.4, -0.2) is 21.2 Å². The number of hydrogen-bond acceptors (Lipinski definition) is 4. The molecular formula is C16H10Cl2N2O3. The maximum Gasteiger partial charge on any atom is 0.339 e. The highest BCUT2D eigenvalue weighted by molar-refractivity contribution is 6.45. The van der Waals surface area contributed by atoms with Crippen LogP contribution < -0.4 is 5.32 Å². The standard InChI is InChI=1S/C16H10Cl2N2O3/c17-12-6-5-10-14(20-8-1-3-9(21)4-2-8)11(16(22)23)7-19-15(10)13(12)18/h1-7,21H,(H,19,20)(H,22,23). The van der Waals surface area contributed by atoms with E-state index in [4.69, 9.17) is 23.2 Å². The molecule has 0 aliphatic heterocycles. The molecular weight excluding hydrogens is 339 g/mol. The topological polar surface area (TPSA) is 82.5 Å². The summed E-state index contributed by atoms with van der Waals surface area (Å²) in [6.07, 6.45) is 1.23. The Morgan fingerprint density at radius 3 is 2.43 bits per heavy atom. The minimum atomic E-state index is -1.12. The third-order valence-corrected chi connectivity index (χ3v) is 4.09.